The molecule has 0 saturated heterocycles. The van der Waals surface area contributed by atoms with E-state index in [1.54, 1.807) is 0 Å². The van der Waals surface area contributed by atoms with Crippen molar-refractivity contribution < 1.29 is 5.11 Å². The van der Waals surface area contributed by atoms with Crippen molar-refractivity contribution in [3.8, 4) is 0 Å². The Morgan fingerprint density at radius 3 is 2.81 bits per heavy atom. The summed E-state index contributed by atoms with van der Waals surface area (Å²) in [6, 6.07) is 8.11. The molecule has 0 radical (unpaired) electrons. The fraction of sp³-hybridized carbons (Fsp3) is 0.571. The van der Waals surface area contributed by atoms with Crippen LogP contribution in [-0.2, 0) is 5.60 Å². The normalized spacial score (nSPS) is 32.8. The van der Waals surface area contributed by atoms with E-state index in [0.29, 0.717) is 6.42 Å². The van der Waals surface area contributed by atoms with E-state index < -0.39 is 5.60 Å². The van der Waals surface area contributed by atoms with Gasteiger partial charge >= 0.3 is 0 Å². The first-order valence-corrected chi connectivity index (χ1v) is 6.26. The summed E-state index contributed by atoms with van der Waals surface area (Å²) in [7, 11) is 0. The summed E-state index contributed by atoms with van der Waals surface area (Å²) >= 11 is 0. The van der Waals surface area contributed by atoms with Crippen LogP contribution in [0.3, 0.4) is 0 Å². The monoisotopic (exact) mass is 217 g/mol. The van der Waals surface area contributed by atoms with Crippen molar-refractivity contribution >= 4 is 0 Å². The van der Waals surface area contributed by atoms with Crippen molar-refractivity contribution in [2.45, 2.75) is 43.7 Å². The van der Waals surface area contributed by atoms with Crippen molar-refractivity contribution in [2.75, 3.05) is 0 Å². The second-order valence-corrected chi connectivity index (χ2v) is 5.41. The molecule has 2 aliphatic carbocycles. The van der Waals surface area contributed by atoms with Gasteiger partial charge in [-0.25, -0.2) is 0 Å². The molecule has 3 rings (SSSR count). The van der Waals surface area contributed by atoms with Crippen molar-refractivity contribution in [1.82, 2.24) is 0 Å². The highest BCUT2D eigenvalue weighted by Gasteiger charge is 2.41. The largest absolute Gasteiger partial charge is 0.385 e. The molecule has 1 aromatic carbocycles. The molecular formula is C14H19NO. The second kappa shape index (κ2) is 3.57. The SMILES string of the molecule is NC1CC(O)(CCC2CC2)c2ccccc21. The van der Waals surface area contributed by atoms with Gasteiger partial charge in [0, 0.05) is 6.04 Å². The zero-order valence-electron chi connectivity index (χ0n) is 9.52. The molecule has 0 amide bonds. The zero-order chi connectivity index (χ0) is 11.2. The molecule has 1 aromatic rings. The topological polar surface area (TPSA) is 46.2 Å². The van der Waals surface area contributed by atoms with Crippen molar-refractivity contribution in [3.05, 3.63) is 35.4 Å². The van der Waals surface area contributed by atoms with E-state index in [2.05, 4.69) is 6.07 Å². The number of hydrogen-bond donors (Lipinski definition) is 2. The lowest BCUT2D eigenvalue weighted by molar-refractivity contribution is 0.0214. The number of nitrogens with two attached hydrogens (primary N) is 1. The Balaban J connectivity index is 1.85. The van der Waals surface area contributed by atoms with Gasteiger partial charge in [-0.2, -0.15) is 0 Å². The predicted molar refractivity (Wildman–Crippen MR) is 63.8 cm³/mol. The standard InChI is InChI=1S/C14H19NO/c15-13-9-14(16,8-7-10-5-6-10)12-4-2-1-3-11(12)13/h1-4,10,13,16H,5-9,15H2. The van der Waals surface area contributed by atoms with Crippen LogP contribution >= 0.6 is 0 Å². The fourth-order valence-corrected chi connectivity index (χ4v) is 2.91. The molecule has 86 valence electrons. The number of aliphatic hydroxyl groups is 1. The van der Waals surface area contributed by atoms with E-state index in [1.807, 2.05) is 18.2 Å². The van der Waals surface area contributed by atoms with E-state index in [0.717, 1.165) is 29.9 Å². The molecule has 1 saturated carbocycles. The predicted octanol–water partition coefficient (Wildman–Crippen LogP) is 2.47. The number of benzene rings is 1. The van der Waals surface area contributed by atoms with Crippen molar-refractivity contribution in [1.29, 1.82) is 0 Å². The molecule has 1 fully saturated rings. The minimum absolute atomic E-state index is 0.0143. The van der Waals surface area contributed by atoms with Crippen LogP contribution in [0.15, 0.2) is 24.3 Å². The van der Waals surface area contributed by atoms with Gasteiger partial charge in [0.2, 0.25) is 0 Å². The highest BCUT2D eigenvalue weighted by atomic mass is 16.3. The third kappa shape index (κ3) is 1.66. The molecule has 2 nitrogen and oxygen atoms in total. The van der Waals surface area contributed by atoms with Crippen LogP contribution in [0.5, 0.6) is 0 Å². The Hall–Kier alpha value is -0.860. The first-order valence-electron chi connectivity index (χ1n) is 6.26. The molecule has 16 heavy (non-hydrogen) atoms. The highest BCUT2D eigenvalue weighted by Crippen LogP contribution is 2.47. The van der Waals surface area contributed by atoms with Crippen molar-refractivity contribution in [3.63, 3.8) is 0 Å². The van der Waals surface area contributed by atoms with Crippen LogP contribution in [0.4, 0.5) is 0 Å². The fourth-order valence-electron chi connectivity index (χ4n) is 2.91. The van der Waals surface area contributed by atoms with Gasteiger partial charge in [-0.15, -0.1) is 0 Å². The van der Waals surface area contributed by atoms with E-state index in [1.165, 1.54) is 12.8 Å². The third-order valence-corrected chi connectivity index (χ3v) is 4.08. The van der Waals surface area contributed by atoms with E-state index in [9.17, 15) is 5.11 Å². The maximum Gasteiger partial charge on any atom is 0.0918 e. The van der Waals surface area contributed by atoms with Gasteiger partial charge in [0.05, 0.1) is 5.60 Å². The molecule has 2 atom stereocenters. The summed E-state index contributed by atoms with van der Waals surface area (Å²) < 4.78 is 0. The Bertz CT molecular complexity index is 399. The molecule has 2 aliphatic rings. The highest BCUT2D eigenvalue weighted by molar-refractivity contribution is 5.39. The van der Waals surface area contributed by atoms with Crippen LogP contribution in [0.1, 0.15) is 49.3 Å². The number of fused-ring (bicyclic) bond motifs is 1. The molecule has 0 heterocycles. The summed E-state index contributed by atoms with van der Waals surface area (Å²) in [6.07, 6.45) is 5.42. The second-order valence-electron chi connectivity index (χ2n) is 5.41. The Labute approximate surface area is 96.5 Å². The molecule has 0 aliphatic heterocycles. The van der Waals surface area contributed by atoms with Gasteiger partial charge in [-0.3, -0.25) is 0 Å². The van der Waals surface area contributed by atoms with E-state index in [4.69, 9.17) is 5.73 Å². The first-order chi connectivity index (χ1) is 7.69. The summed E-state index contributed by atoms with van der Waals surface area (Å²) in [6.45, 7) is 0. The lowest BCUT2D eigenvalue weighted by Gasteiger charge is -2.24. The van der Waals surface area contributed by atoms with Crippen LogP contribution in [0.25, 0.3) is 0 Å². The van der Waals surface area contributed by atoms with Gasteiger partial charge in [0.1, 0.15) is 0 Å². The van der Waals surface area contributed by atoms with Crippen LogP contribution in [0, 0.1) is 5.92 Å². The molecular weight excluding hydrogens is 198 g/mol. The maximum absolute atomic E-state index is 10.7. The molecule has 2 heteroatoms. The Morgan fingerprint density at radius 2 is 2.06 bits per heavy atom. The zero-order valence-corrected chi connectivity index (χ0v) is 9.52. The maximum atomic E-state index is 10.7. The molecule has 0 aromatic heterocycles. The summed E-state index contributed by atoms with van der Waals surface area (Å²) in [4.78, 5) is 0. The van der Waals surface area contributed by atoms with E-state index >= 15 is 0 Å². The summed E-state index contributed by atoms with van der Waals surface area (Å²) in [5, 5.41) is 10.7. The van der Waals surface area contributed by atoms with Crippen molar-refractivity contribution in [2.24, 2.45) is 11.7 Å². The minimum atomic E-state index is -0.654. The average molecular weight is 217 g/mol. The smallest absolute Gasteiger partial charge is 0.0918 e. The molecule has 3 N–H and O–H groups in total. The molecule has 0 bridgehead atoms. The summed E-state index contributed by atoms with van der Waals surface area (Å²) in [5.74, 6) is 0.869. The summed E-state index contributed by atoms with van der Waals surface area (Å²) in [5.41, 5.74) is 7.64. The lowest BCUT2D eigenvalue weighted by atomic mass is 9.90. The first kappa shape index (κ1) is 10.3. The van der Waals surface area contributed by atoms with Crippen LogP contribution < -0.4 is 5.73 Å². The average Bonchev–Trinajstić information content (AvgIpc) is 3.07. The van der Waals surface area contributed by atoms with Gasteiger partial charge < -0.3 is 10.8 Å². The Kier molecular flexibility index (Phi) is 2.30. The van der Waals surface area contributed by atoms with Gasteiger partial charge in [0.15, 0.2) is 0 Å². The molecule has 0 spiro atoms. The number of hydrogen-bond acceptors (Lipinski definition) is 2. The Morgan fingerprint density at radius 1 is 1.31 bits per heavy atom. The lowest BCUT2D eigenvalue weighted by Crippen LogP contribution is -2.23. The minimum Gasteiger partial charge on any atom is -0.385 e. The van der Waals surface area contributed by atoms with Gasteiger partial charge in [0.25, 0.3) is 0 Å². The van der Waals surface area contributed by atoms with Gasteiger partial charge in [-0.05, 0) is 36.3 Å². The quantitative estimate of drug-likeness (QED) is 0.817. The molecule has 2 unspecified atom stereocenters. The van der Waals surface area contributed by atoms with Crippen LogP contribution in [-0.4, -0.2) is 5.11 Å². The third-order valence-electron chi connectivity index (χ3n) is 4.08. The van der Waals surface area contributed by atoms with E-state index in [-0.39, 0.29) is 6.04 Å². The van der Waals surface area contributed by atoms with Crippen LogP contribution in [0.2, 0.25) is 0 Å². The van der Waals surface area contributed by atoms with Gasteiger partial charge in [-0.1, -0.05) is 37.1 Å². The number of rotatable bonds is 3.